The molecular weight excluding hydrogens is 260 g/mol. The quantitative estimate of drug-likeness (QED) is 0.887. The number of hydrogen-bond donors (Lipinski definition) is 2. The van der Waals surface area contributed by atoms with Crippen LogP contribution in [-0.4, -0.2) is 18.5 Å². The van der Waals surface area contributed by atoms with Gasteiger partial charge < -0.3 is 10.6 Å². The fourth-order valence-corrected chi connectivity index (χ4v) is 2.79. The van der Waals surface area contributed by atoms with E-state index in [-0.39, 0.29) is 5.91 Å². The number of amides is 1. The first-order valence-electron chi connectivity index (χ1n) is 6.74. The number of hydrogen-bond acceptors (Lipinski definition) is 2. The summed E-state index contributed by atoms with van der Waals surface area (Å²) >= 11 is 6.00. The Morgan fingerprint density at radius 1 is 1.42 bits per heavy atom. The SMILES string of the molecule is CC1(C)CCC(NCC(=O)Nc2ccccc2Cl)C1. The van der Waals surface area contributed by atoms with Gasteiger partial charge in [-0.1, -0.05) is 37.6 Å². The molecule has 0 radical (unpaired) electrons. The lowest BCUT2D eigenvalue weighted by Gasteiger charge is -2.17. The van der Waals surface area contributed by atoms with E-state index in [9.17, 15) is 4.79 Å². The van der Waals surface area contributed by atoms with Crippen molar-refractivity contribution in [3.05, 3.63) is 29.3 Å². The minimum absolute atomic E-state index is 0.0437. The number of carbonyl (C=O) groups is 1. The summed E-state index contributed by atoms with van der Waals surface area (Å²) in [6.07, 6.45) is 3.50. The van der Waals surface area contributed by atoms with Gasteiger partial charge in [0.05, 0.1) is 17.3 Å². The molecule has 2 N–H and O–H groups in total. The second-order valence-electron chi connectivity index (χ2n) is 6.01. The molecule has 1 aliphatic rings. The van der Waals surface area contributed by atoms with Crippen molar-refractivity contribution in [2.24, 2.45) is 5.41 Å². The van der Waals surface area contributed by atoms with E-state index >= 15 is 0 Å². The van der Waals surface area contributed by atoms with Crippen molar-refractivity contribution in [3.8, 4) is 0 Å². The molecule has 1 aromatic carbocycles. The van der Waals surface area contributed by atoms with Crippen LogP contribution in [0.2, 0.25) is 5.02 Å². The van der Waals surface area contributed by atoms with Crippen LogP contribution >= 0.6 is 11.6 Å². The van der Waals surface area contributed by atoms with Crippen molar-refractivity contribution in [2.45, 2.75) is 39.2 Å². The van der Waals surface area contributed by atoms with Gasteiger partial charge in [0.15, 0.2) is 0 Å². The van der Waals surface area contributed by atoms with E-state index in [1.807, 2.05) is 12.1 Å². The third-order valence-electron chi connectivity index (χ3n) is 3.67. The van der Waals surface area contributed by atoms with Crippen LogP contribution in [0.15, 0.2) is 24.3 Å². The lowest BCUT2D eigenvalue weighted by Crippen LogP contribution is -2.35. The molecule has 1 aromatic rings. The molecule has 2 rings (SSSR count). The van der Waals surface area contributed by atoms with Crippen molar-refractivity contribution in [2.75, 3.05) is 11.9 Å². The van der Waals surface area contributed by atoms with E-state index in [1.165, 1.54) is 6.42 Å². The Bertz CT molecular complexity index is 459. The molecule has 1 atom stereocenters. The molecule has 104 valence electrons. The van der Waals surface area contributed by atoms with Gasteiger partial charge in [-0.25, -0.2) is 0 Å². The number of anilines is 1. The van der Waals surface area contributed by atoms with Crippen molar-refractivity contribution in [3.63, 3.8) is 0 Å². The van der Waals surface area contributed by atoms with Gasteiger partial charge in [-0.15, -0.1) is 0 Å². The third kappa shape index (κ3) is 4.22. The molecule has 1 aliphatic carbocycles. The average Bonchev–Trinajstić information content (AvgIpc) is 2.69. The zero-order valence-corrected chi connectivity index (χ0v) is 12.3. The Kier molecular flexibility index (Phi) is 4.48. The highest BCUT2D eigenvalue weighted by atomic mass is 35.5. The number of rotatable bonds is 4. The molecule has 1 fully saturated rings. The van der Waals surface area contributed by atoms with Crippen LogP contribution in [0.4, 0.5) is 5.69 Å². The normalized spacial score (nSPS) is 21.3. The highest BCUT2D eigenvalue weighted by molar-refractivity contribution is 6.33. The van der Waals surface area contributed by atoms with Crippen molar-refractivity contribution >= 4 is 23.2 Å². The highest BCUT2D eigenvalue weighted by Crippen LogP contribution is 2.36. The molecule has 0 bridgehead atoms. The fourth-order valence-electron chi connectivity index (χ4n) is 2.60. The maximum absolute atomic E-state index is 11.9. The zero-order chi connectivity index (χ0) is 13.9. The van der Waals surface area contributed by atoms with E-state index in [2.05, 4.69) is 24.5 Å². The monoisotopic (exact) mass is 280 g/mol. The predicted octanol–water partition coefficient (Wildman–Crippen LogP) is 3.45. The molecule has 0 spiro atoms. The maximum atomic E-state index is 11.9. The van der Waals surface area contributed by atoms with Gasteiger partial charge in [0, 0.05) is 6.04 Å². The van der Waals surface area contributed by atoms with Crippen LogP contribution in [0.3, 0.4) is 0 Å². The number of nitrogens with one attached hydrogen (secondary N) is 2. The van der Waals surface area contributed by atoms with Gasteiger partial charge in [-0.3, -0.25) is 4.79 Å². The molecule has 0 aliphatic heterocycles. The summed E-state index contributed by atoms with van der Waals surface area (Å²) in [5.74, 6) is -0.0437. The number of para-hydroxylation sites is 1. The number of benzene rings is 1. The van der Waals surface area contributed by atoms with Crippen LogP contribution < -0.4 is 10.6 Å². The van der Waals surface area contributed by atoms with E-state index in [0.717, 1.165) is 12.8 Å². The third-order valence-corrected chi connectivity index (χ3v) is 4.00. The first kappa shape index (κ1) is 14.4. The Morgan fingerprint density at radius 2 is 2.16 bits per heavy atom. The van der Waals surface area contributed by atoms with Crippen LogP contribution in [0, 0.1) is 5.41 Å². The summed E-state index contributed by atoms with van der Waals surface area (Å²) in [5, 5.41) is 6.71. The molecule has 0 saturated heterocycles. The molecule has 1 amide bonds. The molecule has 1 saturated carbocycles. The van der Waals surface area contributed by atoms with Gasteiger partial charge in [-0.05, 0) is 36.8 Å². The van der Waals surface area contributed by atoms with Crippen LogP contribution in [0.5, 0.6) is 0 Å². The smallest absolute Gasteiger partial charge is 0.238 e. The molecule has 1 unspecified atom stereocenters. The van der Waals surface area contributed by atoms with E-state index in [1.54, 1.807) is 12.1 Å². The molecule has 0 aromatic heterocycles. The second-order valence-corrected chi connectivity index (χ2v) is 6.42. The minimum atomic E-state index is -0.0437. The fraction of sp³-hybridized carbons (Fsp3) is 0.533. The standard InChI is InChI=1S/C15H21ClN2O/c1-15(2)8-7-11(9-15)17-10-14(19)18-13-6-4-3-5-12(13)16/h3-6,11,17H,7-10H2,1-2H3,(H,18,19). The zero-order valence-electron chi connectivity index (χ0n) is 11.5. The van der Waals surface area contributed by atoms with Gasteiger partial charge in [0.2, 0.25) is 5.91 Å². The number of halogens is 1. The highest BCUT2D eigenvalue weighted by Gasteiger charge is 2.30. The summed E-state index contributed by atoms with van der Waals surface area (Å²) in [4.78, 5) is 11.9. The van der Waals surface area contributed by atoms with Crippen LogP contribution in [0.25, 0.3) is 0 Å². The summed E-state index contributed by atoms with van der Waals surface area (Å²) in [6.45, 7) is 4.89. The lowest BCUT2D eigenvalue weighted by molar-refractivity contribution is -0.115. The van der Waals surface area contributed by atoms with E-state index in [0.29, 0.717) is 28.7 Å². The summed E-state index contributed by atoms with van der Waals surface area (Å²) < 4.78 is 0. The van der Waals surface area contributed by atoms with Gasteiger partial charge >= 0.3 is 0 Å². The number of carbonyl (C=O) groups excluding carboxylic acids is 1. The maximum Gasteiger partial charge on any atom is 0.238 e. The van der Waals surface area contributed by atoms with Crippen molar-refractivity contribution in [1.82, 2.24) is 5.32 Å². The second kappa shape index (κ2) is 5.93. The molecule has 3 nitrogen and oxygen atoms in total. The first-order valence-corrected chi connectivity index (χ1v) is 7.12. The van der Waals surface area contributed by atoms with Crippen LogP contribution in [0.1, 0.15) is 33.1 Å². The summed E-state index contributed by atoms with van der Waals surface area (Å²) in [6, 6.07) is 7.72. The molecule has 0 heterocycles. The van der Waals surface area contributed by atoms with Crippen molar-refractivity contribution < 1.29 is 4.79 Å². The van der Waals surface area contributed by atoms with Crippen molar-refractivity contribution in [1.29, 1.82) is 0 Å². The van der Waals surface area contributed by atoms with Gasteiger partial charge in [0.25, 0.3) is 0 Å². The molecular formula is C15H21ClN2O. The largest absolute Gasteiger partial charge is 0.324 e. The van der Waals surface area contributed by atoms with E-state index < -0.39 is 0 Å². The average molecular weight is 281 g/mol. The lowest BCUT2D eigenvalue weighted by atomic mass is 9.92. The topological polar surface area (TPSA) is 41.1 Å². The first-order chi connectivity index (χ1) is 8.96. The van der Waals surface area contributed by atoms with Crippen LogP contribution in [-0.2, 0) is 4.79 Å². The Balaban J connectivity index is 1.78. The molecule has 4 heteroatoms. The van der Waals surface area contributed by atoms with E-state index in [4.69, 9.17) is 11.6 Å². The Morgan fingerprint density at radius 3 is 2.79 bits per heavy atom. The Hall–Kier alpha value is -1.06. The minimum Gasteiger partial charge on any atom is -0.324 e. The Labute approximate surface area is 119 Å². The van der Waals surface area contributed by atoms with Gasteiger partial charge in [0.1, 0.15) is 0 Å². The predicted molar refractivity (Wildman–Crippen MR) is 79.5 cm³/mol. The van der Waals surface area contributed by atoms with Gasteiger partial charge in [-0.2, -0.15) is 0 Å². The summed E-state index contributed by atoms with van der Waals surface area (Å²) in [7, 11) is 0. The summed E-state index contributed by atoms with van der Waals surface area (Å²) in [5.41, 5.74) is 1.07. The molecule has 19 heavy (non-hydrogen) atoms.